The standard InChI is InChI=1S/C16H20N6O2/c1-2-3-9-22-14(18-19-20-22)11-21-15(23)13(17-16(21)24)10-12-7-5-4-6-8-12/h4-8,13H,2-3,9-11H2,1H3,(H,17,24)/t13-/m0/s1. The van der Waals surface area contributed by atoms with Crippen molar-refractivity contribution < 1.29 is 9.59 Å². The van der Waals surface area contributed by atoms with Crippen LogP contribution in [0.2, 0.25) is 0 Å². The number of nitrogens with one attached hydrogen (secondary N) is 1. The first kappa shape index (κ1) is 16.1. The fourth-order valence-electron chi connectivity index (χ4n) is 2.67. The van der Waals surface area contributed by atoms with Gasteiger partial charge in [0.05, 0.1) is 6.54 Å². The van der Waals surface area contributed by atoms with Crippen LogP contribution >= 0.6 is 0 Å². The van der Waals surface area contributed by atoms with Crippen molar-refractivity contribution in [3.8, 4) is 0 Å². The Morgan fingerprint density at radius 3 is 2.75 bits per heavy atom. The second-order valence-electron chi connectivity index (χ2n) is 5.79. The number of amides is 3. The molecule has 8 heteroatoms. The van der Waals surface area contributed by atoms with Gasteiger partial charge in [0.1, 0.15) is 6.04 Å². The van der Waals surface area contributed by atoms with Gasteiger partial charge in [-0.2, -0.15) is 0 Å². The van der Waals surface area contributed by atoms with Gasteiger partial charge in [-0.15, -0.1) is 5.10 Å². The van der Waals surface area contributed by atoms with E-state index in [1.165, 1.54) is 4.90 Å². The Morgan fingerprint density at radius 2 is 2.00 bits per heavy atom. The summed E-state index contributed by atoms with van der Waals surface area (Å²) in [6.07, 6.45) is 2.43. The molecule has 24 heavy (non-hydrogen) atoms. The van der Waals surface area contributed by atoms with E-state index in [4.69, 9.17) is 0 Å². The lowest BCUT2D eigenvalue weighted by atomic mass is 10.1. The number of rotatable bonds is 7. The second-order valence-corrected chi connectivity index (χ2v) is 5.79. The first-order valence-corrected chi connectivity index (χ1v) is 8.10. The third kappa shape index (κ3) is 3.42. The van der Waals surface area contributed by atoms with Crippen LogP contribution in [0.3, 0.4) is 0 Å². The van der Waals surface area contributed by atoms with E-state index in [1.54, 1.807) is 4.68 Å². The maximum absolute atomic E-state index is 12.5. The van der Waals surface area contributed by atoms with E-state index in [2.05, 4.69) is 27.8 Å². The number of nitrogens with zero attached hydrogens (tertiary/aromatic N) is 5. The Bertz CT molecular complexity index is 714. The molecule has 3 rings (SSSR count). The number of carbonyl (C=O) groups excluding carboxylic acids is 2. The molecule has 0 aliphatic carbocycles. The van der Waals surface area contributed by atoms with Gasteiger partial charge in [-0.25, -0.2) is 9.48 Å². The molecule has 8 nitrogen and oxygen atoms in total. The highest BCUT2D eigenvalue weighted by atomic mass is 16.2. The van der Waals surface area contributed by atoms with Gasteiger partial charge in [-0.1, -0.05) is 43.7 Å². The normalized spacial score (nSPS) is 17.4. The van der Waals surface area contributed by atoms with Crippen LogP contribution in [-0.2, 0) is 24.3 Å². The topological polar surface area (TPSA) is 93.0 Å². The predicted octanol–water partition coefficient (Wildman–Crippen LogP) is 1.14. The van der Waals surface area contributed by atoms with Crippen molar-refractivity contribution in [1.29, 1.82) is 0 Å². The number of aromatic nitrogens is 4. The minimum Gasteiger partial charge on any atom is -0.325 e. The number of unbranched alkanes of at least 4 members (excludes halogenated alkanes) is 1. The van der Waals surface area contributed by atoms with Crippen LogP contribution < -0.4 is 5.32 Å². The average Bonchev–Trinajstić information content (AvgIpc) is 3.14. The number of carbonyl (C=O) groups is 2. The smallest absolute Gasteiger partial charge is 0.325 e. The van der Waals surface area contributed by atoms with E-state index in [0.29, 0.717) is 18.8 Å². The molecular weight excluding hydrogens is 308 g/mol. The molecule has 0 radical (unpaired) electrons. The van der Waals surface area contributed by atoms with E-state index >= 15 is 0 Å². The molecule has 1 saturated heterocycles. The van der Waals surface area contributed by atoms with E-state index in [1.807, 2.05) is 30.3 Å². The molecule has 1 aromatic carbocycles. The van der Waals surface area contributed by atoms with Gasteiger partial charge >= 0.3 is 6.03 Å². The van der Waals surface area contributed by atoms with E-state index in [-0.39, 0.29) is 12.5 Å². The summed E-state index contributed by atoms with van der Waals surface area (Å²) in [5.74, 6) is 0.279. The summed E-state index contributed by atoms with van der Waals surface area (Å²) in [4.78, 5) is 25.9. The van der Waals surface area contributed by atoms with Gasteiger partial charge in [0.25, 0.3) is 5.91 Å². The average molecular weight is 328 g/mol. The number of aryl methyl sites for hydroxylation is 1. The third-order valence-corrected chi connectivity index (χ3v) is 4.02. The Balaban J connectivity index is 1.67. The van der Waals surface area contributed by atoms with E-state index in [9.17, 15) is 9.59 Å². The van der Waals surface area contributed by atoms with Crippen molar-refractivity contribution in [3.63, 3.8) is 0 Å². The minimum atomic E-state index is -0.542. The maximum Gasteiger partial charge on any atom is 0.325 e. The largest absolute Gasteiger partial charge is 0.325 e. The summed E-state index contributed by atoms with van der Waals surface area (Å²) < 4.78 is 1.65. The van der Waals surface area contributed by atoms with Crippen LogP contribution in [0.4, 0.5) is 4.79 Å². The van der Waals surface area contributed by atoms with Crippen molar-refractivity contribution in [2.24, 2.45) is 0 Å². The van der Waals surface area contributed by atoms with Crippen molar-refractivity contribution in [3.05, 3.63) is 41.7 Å². The van der Waals surface area contributed by atoms with Crippen molar-refractivity contribution >= 4 is 11.9 Å². The SMILES string of the molecule is CCCCn1nnnc1CN1C(=O)N[C@@H](Cc2ccccc2)C1=O. The molecular formula is C16H20N6O2. The van der Waals surface area contributed by atoms with Gasteiger partial charge in [0.15, 0.2) is 5.82 Å². The number of hydrogen-bond donors (Lipinski definition) is 1. The Labute approximate surface area is 139 Å². The van der Waals surface area contributed by atoms with Gasteiger partial charge in [-0.3, -0.25) is 9.69 Å². The number of tetrazole rings is 1. The summed E-state index contributed by atoms with van der Waals surface area (Å²) in [6.45, 7) is 2.85. The summed E-state index contributed by atoms with van der Waals surface area (Å²) in [5.41, 5.74) is 1.01. The van der Waals surface area contributed by atoms with Crippen LogP contribution in [-0.4, -0.2) is 43.1 Å². The van der Waals surface area contributed by atoms with Gasteiger partial charge < -0.3 is 5.32 Å². The molecule has 0 saturated carbocycles. The van der Waals surface area contributed by atoms with Crippen LogP contribution in [0.15, 0.2) is 30.3 Å². The molecule has 0 unspecified atom stereocenters. The highest BCUT2D eigenvalue weighted by molar-refractivity contribution is 6.04. The lowest BCUT2D eigenvalue weighted by molar-refractivity contribution is -0.127. The molecule has 1 fully saturated rings. The molecule has 126 valence electrons. The fraction of sp³-hybridized carbons (Fsp3) is 0.438. The Hall–Kier alpha value is -2.77. The lowest BCUT2D eigenvalue weighted by Gasteiger charge is -2.12. The quantitative estimate of drug-likeness (QED) is 0.769. The first-order valence-electron chi connectivity index (χ1n) is 8.10. The number of urea groups is 1. The molecule has 2 heterocycles. The molecule has 1 N–H and O–H groups in total. The van der Waals surface area contributed by atoms with E-state index < -0.39 is 12.1 Å². The number of benzene rings is 1. The molecule has 0 spiro atoms. The molecule has 2 aromatic rings. The monoisotopic (exact) mass is 328 g/mol. The molecule has 3 amide bonds. The molecule has 1 atom stereocenters. The highest BCUT2D eigenvalue weighted by Gasteiger charge is 2.38. The fourth-order valence-corrected chi connectivity index (χ4v) is 2.67. The van der Waals surface area contributed by atoms with Crippen molar-refractivity contribution in [2.45, 2.75) is 45.3 Å². The zero-order chi connectivity index (χ0) is 16.9. The number of imide groups is 1. The van der Waals surface area contributed by atoms with Crippen LogP contribution in [0.25, 0.3) is 0 Å². The van der Waals surface area contributed by atoms with Crippen LogP contribution in [0.5, 0.6) is 0 Å². The van der Waals surface area contributed by atoms with Crippen molar-refractivity contribution in [2.75, 3.05) is 0 Å². The van der Waals surface area contributed by atoms with Gasteiger partial charge in [0, 0.05) is 13.0 Å². The third-order valence-electron chi connectivity index (χ3n) is 4.02. The van der Waals surface area contributed by atoms with Gasteiger partial charge in [0.2, 0.25) is 0 Å². The summed E-state index contributed by atoms with van der Waals surface area (Å²) in [5, 5.41) is 14.2. The highest BCUT2D eigenvalue weighted by Crippen LogP contribution is 2.14. The number of hydrogen-bond acceptors (Lipinski definition) is 5. The molecule has 0 bridgehead atoms. The second kappa shape index (κ2) is 7.20. The summed E-state index contributed by atoms with van der Waals surface area (Å²) >= 11 is 0. The summed E-state index contributed by atoms with van der Waals surface area (Å²) in [6, 6.07) is 8.68. The maximum atomic E-state index is 12.5. The zero-order valence-corrected chi connectivity index (χ0v) is 13.6. The lowest BCUT2D eigenvalue weighted by Crippen LogP contribution is -2.33. The Kier molecular flexibility index (Phi) is 4.83. The first-order chi connectivity index (χ1) is 11.7. The summed E-state index contributed by atoms with van der Waals surface area (Å²) in [7, 11) is 0. The van der Waals surface area contributed by atoms with Crippen molar-refractivity contribution in [1.82, 2.24) is 30.4 Å². The Morgan fingerprint density at radius 1 is 1.21 bits per heavy atom. The molecule has 1 aromatic heterocycles. The van der Waals surface area contributed by atoms with Crippen LogP contribution in [0, 0.1) is 0 Å². The van der Waals surface area contributed by atoms with E-state index in [0.717, 1.165) is 18.4 Å². The minimum absolute atomic E-state index is 0.0900. The molecule has 1 aliphatic heterocycles. The zero-order valence-electron chi connectivity index (χ0n) is 13.6. The van der Waals surface area contributed by atoms with Crippen LogP contribution in [0.1, 0.15) is 31.2 Å². The van der Waals surface area contributed by atoms with Gasteiger partial charge in [-0.05, 0) is 22.4 Å². The predicted molar refractivity (Wildman–Crippen MR) is 85.7 cm³/mol. The molecule has 1 aliphatic rings.